The molecule has 0 atom stereocenters. The Morgan fingerprint density at radius 2 is 1.81 bits per heavy atom. The van der Waals surface area contributed by atoms with Crippen molar-refractivity contribution in [3.63, 3.8) is 0 Å². The smallest absolute Gasteiger partial charge is 0.233 e. The van der Waals surface area contributed by atoms with E-state index in [0.29, 0.717) is 30.6 Å². The van der Waals surface area contributed by atoms with Crippen molar-refractivity contribution in [1.29, 1.82) is 0 Å². The number of carbonyl (C=O) groups excluding carboxylic acids is 1. The van der Waals surface area contributed by atoms with Gasteiger partial charge >= 0.3 is 0 Å². The summed E-state index contributed by atoms with van der Waals surface area (Å²) in [5, 5.41) is 14.4. The van der Waals surface area contributed by atoms with E-state index in [1.807, 2.05) is 12.1 Å². The number of hydrogen-bond donors (Lipinski definition) is 0. The summed E-state index contributed by atoms with van der Waals surface area (Å²) in [6.45, 7) is 1.44. The van der Waals surface area contributed by atoms with Crippen molar-refractivity contribution < 1.29 is 4.79 Å². The van der Waals surface area contributed by atoms with Crippen molar-refractivity contribution in [3.05, 3.63) is 72.9 Å². The van der Waals surface area contributed by atoms with Gasteiger partial charge in [0, 0.05) is 17.0 Å². The van der Waals surface area contributed by atoms with Crippen molar-refractivity contribution in [1.82, 2.24) is 9.78 Å². The van der Waals surface area contributed by atoms with Crippen molar-refractivity contribution in [2.75, 3.05) is 0 Å². The van der Waals surface area contributed by atoms with Crippen molar-refractivity contribution in [2.24, 2.45) is 10.2 Å². The van der Waals surface area contributed by atoms with Crippen molar-refractivity contribution in [3.8, 4) is 5.69 Å². The number of aromatic nitrogens is 2. The monoisotopic (exact) mass is 424 g/mol. The first-order valence-electron chi connectivity index (χ1n) is 7.33. The number of carbonyl (C=O) groups is 1. The molecule has 0 saturated heterocycles. The molecular formula is C17H11Cl3N4OS. The van der Waals surface area contributed by atoms with Gasteiger partial charge in [0.1, 0.15) is 0 Å². The van der Waals surface area contributed by atoms with Gasteiger partial charge in [-0.3, -0.25) is 4.79 Å². The quantitative estimate of drug-likeness (QED) is 0.334. The molecule has 0 radical (unpaired) electrons. The van der Waals surface area contributed by atoms with Gasteiger partial charge in [-0.1, -0.05) is 58.3 Å². The van der Waals surface area contributed by atoms with Crippen LogP contribution in [-0.2, 0) is 0 Å². The van der Waals surface area contributed by atoms with Crippen LogP contribution in [0.3, 0.4) is 0 Å². The maximum Gasteiger partial charge on any atom is 0.233 e. The van der Waals surface area contributed by atoms with Gasteiger partial charge in [0.15, 0.2) is 10.8 Å². The van der Waals surface area contributed by atoms with Crippen molar-refractivity contribution in [2.45, 2.75) is 6.92 Å². The van der Waals surface area contributed by atoms with Crippen LogP contribution in [-0.4, -0.2) is 21.8 Å². The average molecular weight is 426 g/mol. The molecule has 3 rings (SSSR count). The number of Topliss-reactive ketones (excluding diaryl/α,β-unsaturated/α-hetero) is 1. The molecule has 2 aromatic carbocycles. The van der Waals surface area contributed by atoms with E-state index in [0.717, 1.165) is 16.9 Å². The van der Waals surface area contributed by atoms with Crippen LogP contribution in [0.1, 0.15) is 22.3 Å². The molecule has 0 spiro atoms. The highest BCUT2D eigenvalue weighted by molar-refractivity contribution is 7.11. The minimum atomic E-state index is -0.169. The number of benzene rings is 2. The van der Waals surface area contributed by atoms with Crippen LogP contribution in [0.2, 0.25) is 15.1 Å². The maximum absolute atomic E-state index is 11.7. The largest absolute Gasteiger partial charge is 0.292 e. The molecule has 0 amide bonds. The lowest BCUT2D eigenvalue weighted by atomic mass is 10.2. The number of nitrogens with zero attached hydrogens (tertiary/aromatic N) is 4. The Labute approximate surface area is 168 Å². The molecule has 0 saturated carbocycles. The van der Waals surface area contributed by atoms with Crippen LogP contribution >= 0.6 is 46.1 Å². The summed E-state index contributed by atoms with van der Waals surface area (Å²) in [5.41, 5.74) is 1.39. The van der Waals surface area contributed by atoms with Gasteiger partial charge in [-0.2, -0.15) is 10.2 Å². The van der Waals surface area contributed by atoms with Gasteiger partial charge in [0.25, 0.3) is 0 Å². The summed E-state index contributed by atoms with van der Waals surface area (Å²) in [6, 6.07) is 12.1. The topological polar surface area (TPSA) is 59.6 Å². The number of halogens is 3. The Balaban J connectivity index is 2.05. The minimum Gasteiger partial charge on any atom is -0.292 e. The standard InChI is InChI=1S/C17H11Cl3N4OS/c1-10(25)16-23-24(15-7-6-13(19)8-14(15)20)17(26-16)22-21-9-11-2-4-12(18)5-3-11/h2-9H,1H3/b21-9-,22-17+. The van der Waals surface area contributed by atoms with Gasteiger partial charge < -0.3 is 0 Å². The second-order valence-electron chi connectivity index (χ2n) is 5.15. The first kappa shape index (κ1) is 18.8. The maximum atomic E-state index is 11.7. The summed E-state index contributed by atoms with van der Waals surface area (Å²) in [4.78, 5) is 12.1. The van der Waals surface area contributed by atoms with E-state index in [2.05, 4.69) is 15.3 Å². The minimum absolute atomic E-state index is 0.169. The zero-order valence-corrected chi connectivity index (χ0v) is 16.4. The summed E-state index contributed by atoms with van der Waals surface area (Å²) < 4.78 is 1.47. The Hall–Kier alpha value is -1.99. The van der Waals surface area contributed by atoms with Crippen LogP contribution in [0.15, 0.2) is 52.7 Å². The average Bonchev–Trinajstić information content (AvgIpc) is 3.01. The summed E-state index contributed by atoms with van der Waals surface area (Å²) >= 11 is 19.2. The van der Waals surface area contributed by atoms with Gasteiger partial charge in [-0.25, -0.2) is 4.68 Å². The molecule has 0 bridgehead atoms. The predicted octanol–water partition coefficient (Wildman–Crippen LogP) is 5.03. The van der Waals surface area contributed by atoms with E-state index < -0.39 is 0 Å². The lowest BCUT2D eigenvalue weighted by Gasteiger charge is -2.03. The van der Waals surface area contributed by atoms with Crippen LogP contribution in [0.5, 0.6) is 0 Å². The fourth-order valence-electron chi connectivity index (χ4n) is 1.99. The SMILES string of the molecule is CC(=O)c1nn(-c2ccc(Cl)cc2Cl)/c(=N\N=C/c2ccc(Cl)cc2)s1. The van der Waals surface area contributed by atoms with E-state index in [-0.39, 0.29) is 5.78 Å². The molecule has 1 heterocycles. The fraction of sp³-hybridized carbons (Fsp3) is 0.0588. The zero-order valence-electron chi connectivity index (χ0n) is 13.4. The molecule has 26 heavy (non-hydrogen) atoms. The third-order valence-corrected chi connectivity index (χ3v) is 5.01. The van der Waals surface area contributed by atoms with Gasteiger partial charge in [-0.05, 0) is 35.9 Å². The predicted molar refractivity (Wildman–Crippen MR) is 106 cm³/mol. The number of hydrogen-bond acceptors (Lipinski definition) is 5. The highest BCUT2D eigenvalue weighted by Gasteiger charge is 2.13. The van der Waals surface area contributed by atoms with Crippen LogP contribution < -0.4 is 4.80 Å². The molecule has 0 aliphatic carbocycles. The summed E-state index contributed by atoms with van der Waals surface area (Å²) in [7, 11) is 0. The molecular weight excluding hydrogens is 415 g/mol. The molecule has 0 N–H and O–H groups in total. The van der Waals surface area contributed by atoms with E-state index in [9.17, 15) is 4.79 Å². The Kier molecular flexibility index (Phi) is 5.88. The molecule has 5 nitrogen and oxygen atoms in total. The molecule has 0 aliphatic heterocycles. The molecule has 0 fully saturated rings. The molecule has 132 valence electrons. The molecule has 0 aliphatic rings. The lowest BCUT2D eigenvalue weighted by molar-refractivity contribution is 0.101. The first-order chi connectivity index (χ1) is 12.4. The van der Waals surface area contributed by atoms with Gasteiger partial charge in [0.05, 0.1) is 16.9 Å². The van der Waals surface area contributed by atoms with E-state index in [4.69, 9.17) is 34.8 Å². The third-order valence-electron chi connectivity index (χ3n) is 3.22. The Morgan fingerprint density at radius 3 is 2.46 bits per heavy atom. The van der Waals surface area contributed by atoms with Gasteiger partial charge in [0.2, 0.25) is 4.80 Å². The highest BCUT2D eigenvalue weighted by Crippen LogP contribution is 2.23. The normalized spacial score (nSPS) is 12.1. The van der Waals surface area contributed by atoms with E-state index in [1.165, 1.54) is 11.6 Å². The van der Waals surface area contributed by atoms with E-state index in [1.54, 1.807) is 36.5 Å². The molecule has 9 heteroatoms. The fourth-order valence-corrected chi connectivity index (χ4v) is 3.36. The Bertz CT molecular complexity index is 1050. The van der Waals surface area contributed by atoms with Crippen molar-refractivity contribution >= 4 is 58.1 Å². The summed E-state index contributed by atoms with van der Waals surface area (Å²) in [5.74, 6) is -0.169. The molecule has 1 aromatic heterocycles. The third kappa shape index (κ3) is 4.40. The molecule has 0 unspecified atom stereocenters. The number of rotatable bonds is 4. The second-order valence-corrected chi connectivity index (χ2v) is 7.39. The highest BCUT2D eigenvalue weighted by atomic mass is 35.5. The second kappa shape index (κ2) is 8.14. The van der Waals surface area contributed by atoms with E-state index >= 15 is 0 Å². The summed E-state index contributed by atoms with van der Waals surface area (Å²) in [6.07, 6.45) is 1.58. The van der Waals surface area contributed by atoms with Crippen LogP contribution in [0.25, 0.3) is 5.69 Å². The van der Waals surface area contributed by atoms with Crippen LogP contribution in [0, 0.1) is 0 Å². The first-order valence-corrected chi connectivity index (χ1v) is 9.28. The van der Waals surface area contributed by atoms with Gasteiger partial charge in [-0.15, -0.1) is 5.10 Å². The lowest BCUT2D eigenvalue weighted by Crippen LogP contribution is -2.14. The Morgan fingerprint density at radius 1 is 1.12 bits per heavy atom. The van der Waals surface area contributed by atoms with Crippen LogP contribution in [0.4, 0.5) is 0 Å². The zero-order chi connectivity index (χ0) is 18.7. The number of ketones is 1. The molecule has 3 aromatic rings.